The van der Waals surface area contributed by atoms with Crippen molar-refractivity contribution < 1.29 is 28.7 Å². The SMILES string of the molecule is COC(=O)[C@@H](CCC(=O)OC(C)(C)C)NC(=O)[C@H](CC(C)C)NC(C)=O. The van der Waals surface area contributed by atoms with Crippen LogP contribution in [0.2, 0.25) is 0 Å². The molecule has 0 aromatic carbocycles. The maximum Gasteiger partial charge on any atom is 0.328 e. The van der Waals surface area contributed by atoms with Crippen molar-refractivity contribution in [1.82, 2.24) is 10.6 Å². The van der Waals surface area contributed by atoms with Gasteiger partial charge in [-0.05, 0) is 39.5 Å². The fraction of sp³-hybridized carbons (Fsp3) is 0.778. The van der Waals surface area contributed by atoms with Crippen LogP contribution < -0.4 is 10.6 Å². The molecule has 0 spiro atoms. The van der Waals surface area contributed by atoms with Crippen molar-refractivity contribution in [2.75, 3.05) is 7.11 Å². The Hall–Kier alpha value is -2.12. The second kappa shape index (κ2) is 10.8. The topological polar surface area (TPSA) is 111 Å². The number of hydrogen-bond donors (Lipinski definition) is 2. The summed E-state index contributed by atoms with van der Waals surface area (Å²) >= 11 is 0. The molecule has 0 aliphatic rings. The van der Waals surface area contributed by atoms with E-state index in [1.54, 1.807) is 20.8 Å². The van der Waals surface area contributed by atoms with Gasteiger partial charge in [0, 0.05) is 13.3 Å². The molecule has 150 valence electrons. The van der Waals surface area contributed by atoms with Crippen LogP contribution in [0.1, 0.15) is 60.8 Å². The monoisotopic (exact) mass is 372 g/mol. The number of carbonyl (C=O) groups excluding carboxylic acids is 4. The minimum Gasteiger partial charge on any atom is -0.467 e. The van der Waals surface area contributed by atoms with E-state index in [4.69, 9.17) is 9.47 Å². The van der Waals surface area contributed by atoms with Crippen molar-refractivity contribution >= 4 is 23.8 Å². The van der Waals surface area contributed by atoms with Gasteiger partial charge in [-0.2, -0.15) is 0 Å². The fourth-order valence-electron chi connectivity index (χ4n) is 2.27. The third kappa shape index (κ3) is 10.7. The molecule has 2 N–H and O–H groups in total. The van der Waals surface area contributed by atoms with Crippen LogP contribution in [-0.2, 0) is 28.7 Å². The summed E-state index contributed by atoms with van der Waals surface area (Å²) in [5, 5.41) is 5.14. The van der Waals surface area contributed by atoms with Crippen molar-refractivity contribution in [3.05, 3.63) is 0 Å². The molecule has 2 atom stereocenters. The van der Waals surface area contributed by atoms with Gasteiger partial charge in [-0.3, -0.25) is 14.4 Å². The molecule has 0 fully saturated rings. The summed E-state index contributed by atoms with van der Waals surface area (Å²) in [6, 6.07) is -1.76. The van der Waals surface area contributed by atoms with Crippen LogP contribution in [0.3, 0.4) is 0 Å². The fourth-order valence-corrected chi connectivity index (χ4v) is 2.27. The normalized spacial score (nSPS) is 13.5. The van der Waals surface area contributed by atoms with Gasteiger partial charge in [-0.15, -0.1) is 0 Å². The average Bonchev–Trinajstić information content (AvgIpc) is 2.46. The molecule has 0 rings (SSSR count). The summed E-state index contributed by atoms with van der Waals surface area (Å²) in [6.07, 6.45) is 0.416. The molecule has 0 saturated heterocycles. The number of nitrogens with one attached hydrogen (secondary N) is 2. The van der Waals surface area contributed by atoms with E-state index in [2.05, 4.69) is 10.6 Å². The average molecular weight is 372 g/mol. The van der Waals surface area contributed by atoms with Crippen LogP contribution in [0.25, 0.3) is 0 Å². The summed E-state index contributed by atoms with van der Waals surface area (Å²) < 4.78 is 9.89. The van der Waals surface area contributed by atoms with Gasteiger partial charge in [0.15, 0.2) is 0 Å². The Balaban J connectivity index is 4.96. The minimum atomic E-state index is -0.997. The Bertz CT molecular complexity index is 510. The van der Waals surface area contributed by atoms with E-state index < -0.39 is 35.5 Å². The van der Waals surface area contributed by atoms with E-state index in [0.717, 1.165) is 0 Å². The first-order valence-corrected chi connectivity index (χ1v) is 8.72. The van der Waals surface area contributed by atoms with Gasteiger partial charge in [0.25, 0.3) is 0 Å². The van der Waals surface area contributed by atoms with E-state index in [0.29, 0.717) is 6.42 Å². The lowest BCUT2D eigenvalue weighted by Crippen LogP contribution is -2.52. The summed E-state index contributed by atoms with van der Waals surface area (Å²) in [6.45, 7) is 10.4. The molecule has 0 aromatic heterocycles. The van der Waals surface area contributed by atoms with Crippen LogP contribution in [0.4, 0.5) is 0 Å². The van der Waals surface area contributed by atoms with Crippen LogP contribution >= 0.6 is 0 Å². The highest BCUT2D eigenvalue weighted by molar-refractivity contribution is 5.90. The van der Waals surface area contributed by atoms with E-state index >= 15 is 0 Å². The van der Waals surface area contributed by atoms with Gasteiger partial charge in [-0.1, -0.05) is 13.8 Å². The number of amides is 2. The predicted molar refractivity (Wildman–Crippen MR) is 96.1 cm³/mol. The highest BCUT2D eigenvalue weighted by Gasteiger charge is 2.28. The first kappa shape index (κ1) is 23.9. The molecule has 0 bridgehead atoms. The van der Waals surface area contributed by atoms with Gasteiger partial charge < -0.3 is 20.1 Å². The van der Waals surface area contributed by atoms with Gasteiger partial charge in [-0.25, -0.2) is 4.79 Å². The lowest BCUT2D eigenvalue weighted by atomic mass is 10.0. The molecule has 0 saturated carbocycles. The summed E-state index contributed by atoms with van der Waals surface area (Å²) in [5.74, 6) is -1.80. The second-order valence-electron chi connectivity index (χ2n) is 7.59. The van der Waals surface area contributed by atoms with E-state index in [1.165, 1.54) is 14.0 Å². The Labute approximate surface area is 155 Å². The summed E-state index contributed by atoms with van der Waals surface area (Å²) in [5.41, 5.74) is -0.630. The van der Waals surface area contributed by atoms with Gasteiger partial charge in [0.1, 0.15) is 17.7 Å². The first-order valence-electron chi connectivity index (χ1n) is 8.72. The van der Waals surface area contributed by atoms with E-state index in [9.17, 15) is 19.2 Å². The van der Waals surface area contributed by atoms with Crippen LogP contribution in [0, 0.1) is 5.92 Å². The number of methoxy groups -OCH3 is 1. The number of esters is 2. The first-order chi connectivity index (χ1) is 11.9. The molecule has 2 amide bonds. The van der Waals surface area contributed by atoms with Gasteiger partial charge >= 0.3 is 11.9 Å². The molecule has 0 aliphatic carbocycles. The summed E-state index contributed by atoms with van der Waals surface area (Å²) in [7, 11) is 1.20. The second-order valence-corrected chi connectivity index (χ2v) is 7.59. The number of rotatable bonds is 9. The number of ether oxygens (including phenoxy) is 2. The summed E-state index contributed by atoms with van der Waals surface area (Å²) in [4.78, 5) is 47.6. The van der Waals surface area contributed by atoms with Crippen LogP contribution in [-0.4, -0.2) is 48.5 Å². The third-order valence-corrected chi connectivity index (χ3v) is 3.26. The van der Waals surface area contributed by atoms with Crippen LogP contribution in [0.15, 0.2) is 0 Å². The molecule has 0 unspecified atom stereocenters. The Morgan fingerprint density at radius 3 is 2.00 bits per heavy atom. The molecule has 0 aromatic rings. The predicted octanol–water partition coefficient (Wildman–Crippen LogP) is 1.32. The van der Waals surface area contributed by atoms with Crippen LogP contribution in [0.5, 0.6) is 0 Å². The molecule has 26 heavy (non-hydrogen) atoms. The largest absolute Gasteiger partial charge is 0.467 e. The minimum absolute atomic E-state index is 0.0434. The molecule has 0 aliphatic heterocycles. The van der Waals surface area contributed by atoms with Crippen molar-refractivity contribution in [3.63, 3.8) is 0 Å². The number of carbonyl (C=O) groups is 4. The highest BCUT2D eigenvalue weighted by Crippen LogP contribution is 2.11. The zero-order chi connectivity index (χ0) is 20.5. The quantitative estimate of drug-likeness (QED) is 0.591. The van der Waals surface area contributed by atoms with Crippen molar-refractivity contribution in [1.29, 1.82) is 0 Å². The Kier molecular flexibility index (Phi) is 9.90. The van der Waals surface area contributed by atoms with E-state index in [1.807, 2.05) is 13.8 Å². The van der Waals surface area contributed by atoms with Crippen molar-refractivity contribution in [2.24, 2.45) is 5.92 Å². The molecule has 8 heteroatoms. The smallest absolute Gasteiger partial charge is 0.328 e. The van der Waals surface area contributed by atoms with Crippen molar-refractivity contribution in [3.8, 4) is 0 Å². The third-order valence-electron chi connectivity index (χ3n) is 3.26. The van der Waals surface area contributed by atoms with Gasteiger partial charge in [0.2, 0.25) is 11.8 Å². The standard InChI is InChI=1S/C18H32N2O6/c1-11(2)10-14(19-12(3)21)16(23)20-13(17(24)25-7)8-9-15(22)26-18(4,5)6/h11,13-14H,8-10H2,1-7H3,(H,19,21)(H,20,23)/t13-,14+/m1/s1. The highest BCUT2D eigenvalue weighted by atomic mass is 16.6. The lowest BCUT2D eigenvalue weighted by molar-refractivity contribution is -0.155. The lowest BCUT2D eigenvalue weighted by Gasteiger charge is -2.23. The maximum absolute atomic E-state index is 12.5. The van der Waals surface area contributed by atoms with E-state index in [-0.39, 0.29) is 24.7 Å². The number of hydrogen-bond acceptors (Lipinski definition) is 6. The molecule has 0 radical (unpaired) electrons. The molecule has 0 heterocycles. The zero-order valence-electron chi connectivity index (χ0n) is 16.8. The molecular formula is C18H32N2O6. The Morgan fingerprint density at radius 1 is 1.00 bits per heavy atom. The zero-order valence-corrected chi connectivity index (χ0v) is 16.8. The molecule has 8 nitrogen and oxygen atoms in total. The molecular weight excluding hydrogens is 340 g/mol. The maximum atomic E-state index is 12.5. The van der Waals surface area contributed by atoms with Crippen molar-refractivity contribution in [2.45, 2.75) is 78.5 Å². The van der Waals surface area contributed by atoms with Gasteiger partial charge in [0.05, 0.1) is 7.11 Å². The Morgan fingerprint density at radius 2 is 1.58 bits per heavy atom.